The zero-order valence-corrected chi connectivity index (χ0v) is 16.6. The third-order valence-electron chi connectivity index (χ3n) is 3.83. The molecule has 0 unspecified atom stereocenters. The van der Waals surface area contributed by atoms with Gasteiger partial charge in [-0.3, -0.25) is 9.52 Å². The third-order valence-corrected chi connectivity index (χ3v) is 6.96. The number of hydrogen-bond donors (Lipinski definition) is 2. The first-order valence-corrected chi connectivity index (χ1v) is 10.9. The van der Waals surface area contributed by atoms with E-state index in [1.165, 1.54) is 18.2 Å². The molecule has 2 heterocycles. The van der Waals surface area contributed by atoms with Crippen LogP contribution in [-0.4, -0.2) is 33.6 Å². The Kier molecular flexibility index (Phi) is 6.09. The lowest BCUT2D eigenvalue weighted by Gasteiger charge is -2.11. The first-order valence-electron chi connectivity index (χ1n) is 7.83. The van der Waals surface area contributed by atoms with E-state index in [9.17, 15) is 13.2 Å². The van der Waals surface area contributed by atoms with Gasteiger partial charge in [-0.05, 0) is 43.2 Å². The molecule has 0 aliphatic carbocycles. The van der Waals surface area contributed by atoms with E-state index in [1.807, 2.05) is 0 Å². The number of benzene rings is 1. The summed E-state index contributed by atoms with van der Waals surface area (Å²) < 4.78 is 33.0. The van der Waals surface area contributed by atoms with Gasteiger partial charge in [0.2, 0.25) is 0 Å². The van der Waals surface area contributed by atoms with E-state index in [-0.39, 0.29) is 25.6 Å². The van der Waals surface area contributed by atoms with Crippen LogP contribution in [-0.2, 0) is 14.8 Å². The second-order valence-corrected chi connectivity index (χ2v) is 9.65. The molecule has 1 aliphatic rings. The average Bonchev–Trinajstić information content (AvgIpc) is 3.22. The van der Waals surface area contributed by atoms with Crippen molar-refractivity contribution in [1.82, 2.24) is 5.32 Å². The maximum Gasteiger partial charge on any atom is 0.264 e. The van der Waals surface area contributed by atoms with E-state index >= 15 is 0 Å². The van der Waals surface area contributed by atoms with Crippen molar-refractivity contribution in [2.45, 2.75) is 23.8 Å². The van der Waals surface area contributed by atoms with Gasteiger partial charge in [-0.2, -0.15) is 0 Å². The predicted octanol–water partition coefficient (Wildman–Crippen LogP) is 3.76. The number of carbonyl (C=O) groups excluding carboxylic acids is 1. The van der Waals surface area contributed by atoms with Gasteiger partial charge in [0.1, 0.15) is 9.23 Å². The molecule has 1 fully saturated rings. The molecule has 0 radical (unpaired) electrons. The van der Waals surface area contributed by atoms with Crippen LogP contribution in [0.1, 0.15) is 23.2 Å². The van der Waals surface area contributed by atoms with Gasteiger partial charge in [0.25, 0.3) is 15.9 Å². The van der Waals surface area contributed by atoms with Gasteiger partial charge in [-0.15, -0.1) is 11.3 Å². The Bertz CT molecular complexity index is 891. The fraction of sp³-hybridized carbons (Fsp3) is 0.312. The number of ether oxygens (including phenoxy) is 1. The number of anilines is 1. The molecule has 2 N–H and O–H groups in total. The molecule has 26 heavy (non-hydrogen) atoms. The minimum atomic E-state index is -3.85. The number of hydrogen-bond acceptors (Lipinski definition) is 5. The van der Waals surface area contributed by atoms with Gasteiger partial charge in [0.15, 0.2) is 0 Å². The molecular formula is C16H16Cl2N2O4S2. The first kappa shape index (κ1) is 19.4. The van der Waals surface area contributed by atoms with Crippen LogP contribution in [0.4, 0.5) is 5.69 Å². The zero-order chi connectivity index (χ0) is 18.7. The quantitative estimate of drug-likeness (QED) is 0.724. The Morgan fingerprint density at radius 2 is 2.00 bits per heavy atom. The van der Waals surface area contributed by atoms with Crippen LogP contribution in [0.25, 0.3) is 0 Å². The molecular weight excluding hydrogens is 419 g/mol. The van der Waals surface area contributed by atoms with Crippen LogP contribution < -0.4 is 10.0 Å². The van der Waals surface area contributed by atoms with E-state index in [4.69, 9.17) is 27.9 Å². The highest BCUT2D eigenvalue weighted by Gasteiger charge is 2.21. The summed E-state index contributed by atoms with van der Waals surface area (Å²) in [5.74, 6) is -0.234. The van der Waals surface area contributed by atoms with Crippen LogP contribution in [0.3, 0.4) is 0 Å². The van der Waals surface area contributed by atoms with Crippen molar-refractivity contribution in [3.8, 4) is 0 Å². The summed E-state index contributed by atoms with van der Waals surface area (Å²) in [4.78, 5) is 12.1. The minimum Gasteiger partial charge on any atom is -0.376 e. The summed E-state index contributed by atoms with van der Waals surface area (Å²) in [6.07, 6.45) is 2.01. The lowest BCUT2D eigenvalue weighted by molar-refractivity contribution is 0.0858. The topological polar surface area (TPSA) is 84.5 Å². The number of amides is 1. The van der Waals surface area contributed by atoms with Crippen LogP contribution in [0.2, 0.25) is 8.67 Å². The summed E-state index contributed by atoms with van der Waals surface area (Å²) in [6, 6.07) is 7.42. The molecule has 1 aliphatic heterocycles. The second-order valence-electron chi connectivity index (χ2n) is 5.72. The van der Waals surface area contributed by atoms with Gasteiger partial charge in [-0.25, -0.2) is 8.42 Å². The lowest BCUT2D eigenvalue weighted by Crippen LogP contribution is -2.31. The van der Waals surface area contributed by atoms with Crippen molar-refractivity contribution < 1.29 is 17.9 Å². The van der Waals surface area contributed by atoms with Crippen molar-refractivity contribution in [2.24, 2.45) is 0 Å². The van der Waals surface area contributed by atoms with E-state index in [0.717, 1.165) is 30.8 Å². The van der Waals surface area contributed by atoms with Gasteiger partial charge in [0, 0.05) is 24.4 Å². The minimum absolute atomic E-state index is 0.0622. The molecule has 1 aromatic carbocycles. The first-order chi connectivity index (χ1) is 12.3. The number of thiophene rings is 1. The van der Waals surface area contributed by atoms with Crippen molar-refractivity contribution in [1.29, 1.82) is 0 Å². The average molecular weight is 435 g/mol. The molecule has 1 atom stereocenters. The third kappa shape index (κ3) is 4.69. The molecule has 0 bridgehead atoms. The Morgan fingerprint density at radius 1 is 1.27 bits per heavy atom. The summed E-state index contributed by atoms with van der Waals surface area (Å²) in [7, 11) is -3.85. The summed E-state index contributed by atoms with van der Waals surface area (Å²) in [5, 5.41) is 2.81. The smallest absolute Gasteiger partial charge is 0.264 e. The summed E-state index contributed by atoms with van der Waals surface area (Å²) in [5.41, 5.74) is 0.752. The molecule has 6 nitrogen and oxygen atoms in total. The fourth-order valence-corrected chi connectivity index (χ4v) is 5.73. The van der Waals surface area contributed by atoms with Crippen LogP contribution in [0.5, 0.6) is 0 Å². The van der Waals surface area contributed by atoms with Gasteiger partial charge < -0.3 is 10.1 Å². The van der Waals surface area contributed by atoms with Gasteiger partial charge in [0.05, 0.1) is 10.4 Å². The van der Waals surface area contributed by atoms with Crippen molar-refractivity contribution in [3.05, 3.63) is 44.6 Å². The predicted molar refractivity (Wildman–Crippen MR) is 103 cm³/mol. The summed E-state index contributed by atoms with van der Waals surface area (Å²) >= 11 is 12.7. The van der Waals surface area contributed by atoms with E-state index < -0.39 is 10.0 Å². The van der Waals surface area contributed by atoms with Crippen molar-refractivity contribution in [3.63, 3.8) is 0 Å². The lowest BCUT2D eigenvalue weighted by atomic mass is 10.2. The normalized spacial score (nSPS) is 17.2. The Labute approximate surface area is 165 Å². The molecule has 0 saturated carbocycles. The van der Waals surface area contributed by atoms with Gasteiger partial charge >= 0.3 is 0 Å². The molecule has 140 valence electrons. The molecule has 0 spiro atoms. The maximum absolute atomic E-state index is 12.4. The highest BCUT2D eigenvalue weighted by atomic mass is 35.5. The molecule has 1 saturated heterocycles. The number of rotatable bonds is 6. The Hall–Kier alpha value is -1.32. The van der Waals surface area contributed by atoms with Crippen LogP contribution >= 0.6 is 34.5 Å². The molecule has 10 heteroatoms. The SMILES string of the molecule is O=C(NC[C@@H]1CCCO1)c1ccc(NS(=O)(=O)c2cc(Cl)sc2Cl)cc1. The van der Waals surface area contributed by atoms with Crippen LogP contribution in [0.15, 0.2) is 35.2 Å². The number of sulfonamides is 1. The molecule has 3 rings (SSSR count). The number of carbonyl (C=O) groups is 1. The molecule has 2 aromatic rings. The fourth-order valence-electron chi connectivity index (χ4n) is 2.52. The van der Waals surface area contributed by atoms with Crippen LogP contribution in [0, 0.1) is 0 Å². The number of nitrogens with one attached hydrogen (secondary N) is 2. The second kappa shape index (κ2) is 8.14. The summed E-state index contributed by atoms with van der Waals surface area (Å²) in [6.45, 7) is 1.19. The number of halogens is 2. The van der Waals surface area contributed by atoms with E-state index in [2.05, 4.69) is 10.0 Å². The van der Waals surface area contributed by atoms with Crippen molar-refractivity contribution in [2.75, 3.05) is 17.9 Å². The Balaban J connectivity index is 1.63. The maximum atomic E-state index is 12.4. The highest BCUT2D eigenvalue weighted by molar-refractivity contribution is 7.93. The van der Waals surface area contributed by atoms with Gasteiger partial charge in [-0.1, -0.05) is 23.2 Å². The molecule has 1 aromatic heterocycles. The Morgan fingerprint density at radius 3 is 2.58 bits per heavy atom. The highest BCUT2D eigenvalue weighted by Crippen LogP contribution is 2.35. The van der Waals surface area contributed by atoms with Crippen molar-refractivity contribution >= 4 is 56.2 Å². The largest absolute Gasteiger partial charge is 0.376 e. The standard InChI is InChI=1S/C16H16Cl2N2O4S2/c17-14-8-13(15(18)25-14)26(22,23)20-11-5-3-10(4-6-11)16(21)19-9-12-2-1-7-24-12/h3-6,8,12,20H,1-2,7,9H2,(H,19,21)/t12-/m0/s1. The van der Waals surface area contributed by atoms with E-state index in [1.54, 1.807) is 12.1 Å². The van der Waals surface area contributed by atoms with E-state index in [0.29, 0.717) is 17.8 Å². The zero-order valence-electron chi connectivity index (χ0n) is 13.5. The monoisotopic (exact) mass is 434 g/mol. The molecule has 1 amide bonds.